The molecule has 3 fully saturated rings. The third-order valence-corrected chi connectivity index (χ3v) is 7.19. The van der Waals surface area contributed by atoms with Crippen molar-refractivity contribution in [3.05, 3.63) is 0 Å². The molecular weight excluding hydrogens is 328 g/mol. The first kappa shape index (κ1) is 18.1. The molecule has 1 aliphatic carbocycles. The van der Waals surface area contributed by atoms with E-state index in [2.05, 4.69) is 9.62 Å². The second kappa shape index (κ2) is 7.68. The molecular formula is C16H30N4O3S. The summed E-state index contributed by atoms with van der Waals surface area (Å²) < 4.78 is 30.2. The number of carbonyl (C=O) groups is 1. The topological polar surface area (TPSA) is 95.7 Å². The third kappa shape index (κ3) is 4.68. The Morgan fingerprint density at radius 2 is 1.75 bits per heavy atom. The first-order valence-electron chi connectivity index (χ1n) is 9.24. The van der Waals surface area contributed by atoms with E-state index in [1.54, 1.807) is 4.31 Å². The Balaban J connectivity index is 1.61. The molecule has 0 radical (unpaired) electrons. The van der Waals surface area contributed by atoms with Crippen molar-refractivity contribution in [1.29, 1.82) is 0 Å². The Morgan fingerprint density at radius 1 is 1.08 bits per heavy atom. The fourth-order valence-corrected chi connectivity index (χ4v) is 5.56. The maximum atomic E-state index is 12.8. The lowest BCUT2D eigenvalue weighted by molar-refractivity contribution is -0.118. The highest BCUT2D eigenvalue weighted by Gasteiger charge is 2.44. The summed E-state index contributed by atoms with van der Waals surface area (Å²) in [6.07, 6.45) is 6.84. The van der Waals surface area contributed by atoms with Crippen LogP contribution in [0.4, 0.5) is 0 Å². The molecule has 3 rings (SSSR count). The quantitative estimate of drug-likeness (QED) is 0.683. The van der Waals surface area contributed by atoms with E-state index in [0.717, 1.165) is 32.2 Å². The van der Waals surface area contributed by atoms with Crippen LogP contribution in [-0.4, -0.2) is 62.3 Å². The van der Waals surface area contributed by atoms with Crippen LogP contribution >= 0.6 is 0 Å². The number of primary amides is 1. The van der Waals surface area contributed by atoms with Gasteiger partial charge >= 0.3 is 0 Å². The average Bonchev–Trinajstić information content (AvgIpc) is 3.31. The molecule has 2 saturated heterocycles. The van der Waals surface area contributed by atoms with E-state index in [4.69, 9.17) is 5.73 Å². The van der Waals surface area contributed by atoms with Crippen LogP contribution in [0.1, 0.15) is 44.9 Å². The van der Waals surface area contributed by atoms with Crippen LogP contribution in [0.25, 0.3) is 0 Å². The van der Waals surface area contributed by atoms with Gasteiger partial charge in [0.1, 0.15) is 0 Å². The number of hydrogen-bond donors (Lipinski definition) is 2. The molecule has 0 bridgehead atoms. The molecule has 0 spiro atoms. The number of nitrogens with two attached hydrogens (primary N) is 1. The van der Waals surface area contributed by atoms with Crippen molar-refractivity contribution in [3.63, 3.8) is 0 Å². The number of nitrogens with one attached hydrogen (secondary N) is 1. The van der Waals surface area contributed by atoms with Crippen LogP contribution in [0.15, 0.2) is 0 Å². The molecule has 1 saturated carbocycles. The maximum absolute atomic E-state index is 12.8. The lowest BCUT2D eigenvalue weighted by Gasteiger charge is -2.25. The van der Waals surface area contributed by atoms with Gasteiger partial charge in [-0.05, 0) is 37.5 Å². The normalized spacial score (nSPS) is 30.3. The first-order chi connectivity index (χ1) is 11.5. The van der Waals surface area contributed by atoms with Crippen molar-refractivity contribution < 1.29 is 13.2 Å². The molecule has 0 aromatic heterocycles. The molecule has 3 aliphatic rings. The van der Waals surface area contributed by atoms with Crippen molar-refractivity contribution in [3.8, 4) is 0 Å². The van der Waals surface area contributed by atoms with Crippen molar-refractivity contribution in [2.75, 3.05) is 32.7 Å². The maximum Gasteiger partial charge on any atom is 0.279 e. The smallest absolute Gasteiger partial charge is 0.279 e. The standard InChI is InChI=1S/C16H30N4O3S/c17-16(21)7-10-19-11-14(13-5-6-13)15(12-19)18-24(22,23)20-8-3-1-2-4-9-20/h13-15,18H,1-12H2,(H2,17,21)/t14-,15+/m1/s1. The van der Waals surface area contributed by atoms with Crippen LogP contribution in [0, 0.1) is 11.8 Å². The van der Waals surface area contributed by atoms with Gasteiger partial charge in [0.25, 0.3) is 10.2 Å². The minimum atomic E-state index is -3.42. The minimum Gasteiger partial charge on any atom is -0.370 e. The molecule has 3 N–H and O–H groups in total. The fraction of sp³-hybridized carbons (Fsp3) is 0.938. The zero-order valence-corrected chi connectivity index (χ0v) is 15.1. The number of amides is 1. The summed E-state index contributed by atoms with van der Waals surface area (Å²) in [5.41, 5.74) is 5.24. The second-order valence-corrected chi connectivity index (χ2v) is 9.22. The Bertz CT molecular complexity index is 542. The van der Waals surface area contributed by atoms with Crippen molar-refractivity contribution >= 4 is 16.1 Å². The summed E-state index contributed by atoms with van der Waals surface area (Å²) in [5.74, 6) is 0.687. The summed E-state index contributed by atoms with van der Waals surface area (Å²) >= 11 is 0. The van der Waals surface area contributed by atoms with E-state index >= 15 is 0 Å². The minimum absolute atomic E-state index is 0.0429. The van der Waals surface area contributed by atoms with Gasteiger partial charge in [-0.15, -0.1) is 0 Å². The van der Waals surface area contributed by atoms with Gasteiger partial charge in [-0.1, -0.05) is 12.8 Å². The largest absolute Gasteiger partial charge is 0.370 e. The SMILES string of the molecule is NC(=O)CCN1C[C@H](NS(=O)(=O)N2CCCCCC2)[C@@H](C2CC2)C1. The van der Waals surface area contributed by atoms with Crippen LogP contribution in [0.3, 0.4) is 0 Å². The van der Waals surface area contributed by atoms with E-state index in [1.165, 1.54) is 12.8 Å². The predicted molar refractivity (Wildman–Crippen MR) is 92.3 cm³/mol. The van der Waals surface area contributed by atoms with Gasteiger partial charge in [-0.3, -0.25) is 4.79 Å². The van der Waals surface area contributed by atoms with Gasteiger partial charge in [0.15, 0.2) is 0 Å². The number of hydrogen-bond acceptors (Lipinski definition) is 4. The van der Waals surface area contributed by atoms with Crippen molar-refractivity contribution in [2.24, 2.45) is 17.6 Å². The predicted octanol–water partition coefficient (Wildman–Crippen LogP) is 0.283. The Hall–Kier alpha value is -0.700. The van der Waals surface area contributed by atoms with Gasteiger partial charge in [0.05, 0.1) is 0 Å². The number of carbonyl (C=O) groups excluding carboxylic acids is 1. The third-order valence-electron chi connectivity index (χ3n) is 5.55. The first-order valence-corrected chi connectivity index (χ1v) is 10.7. The molecule has 8 heteroatoms. The van der Waals surface area contributed by atoms with Gasteiger partial charge in [0, 0.05) is 45.2 Å². The molecule has 2 atom stereocenters. The summed E-state index contributed by atoms with van der Waals surface area (Å²) in [4.78, 5) is 13.2. The highest BCUT2D eigenvalue weighted by atomic mass is 32.2. The van der Waals surface area contributed by atoms with Gasteiger partial charge in [0.2, 0.25) is 5.91 Å². The summed E-state index contributed by atoms with van der Waals surface area (Å²) in [5, 5.41) is 0. The molecule has 0 aromatic rings. The lowest BCUT2D eigenvalue weighted by Crippen LogP contribution is -2.48. The summed E-state index contributed by atoms with van der Waals surface area (Å²) in [6, 6.07) is -0.0429. The van der Waals surface area contributed by atoms with E-state index < -0.39 is 10.2 Å². The van der Waals surface area contributed by atoms with Crippen LogP contribution in [-0.2, 0) is 15.0 Å². The molecule has 138 valence electrons. The highest BCUT2D eigenvalue weighted by molar-refractivity contribution is 7.87. The molecule has 7 nitrogen and oxygen atoms in total. The molecule has 2 aliphatic heterocycles. The lowest BCUT2D eigenvalue weighted by atomic mass is 9.99. The van der Waals surface area contributed by atoms with E-state index in [0.29, 0.717) is 44.4 Å². The van der Waals surface area contributed by atoms with E-state index in [1.807, 2.05) is 0 Å². The Morgan fingerprint density at radius 3 is 2.33 bits per heavy atom. The van der Waals surface area contributed by atoms with E-state index in [9.17, 15) is 13.2 Å². The van der Waals surface area contributed by atoms with Crippen LogP contribution in [0.5, 0.6) is 0 Å². The summed E-state index contributed by atoms with van der Waals surface area (Å²) in [6.45, 7) is 3.43. The Labute approximate surface area is 145 Å². The zero-order valence-electron chi connectivity index (χ0n) is 14.3. The number of likely N-dealkylation sites (tertiary alicyclic amines) is 1. The molecule has 2 heterocycles. The van der Waals surface area contributed by atoms with Crippen molar-refractivity contribution in [2.45, 2.75) is 51.0 Å². The average molecular weight is 359 g/mol. The van der Waals surface area contributed by atoms with Crippen molar-refractivity contribution in [1.82, 2.24) is 13.9 Å². The van der Waals surface area contributed by atoms with Gasteiger partial charge in [-0.25, -0.2) is 0 Å². The second-order valence-electron chi connectivity index (χ2n) is 7.52. The molecule has 0 aromatic carbocycles. The van der Waals surface area contributed by atoms with Gasteiger partial charge < -0.3 is 10.6 Å². The molecule has 0 unspecified atom stereocenters. The fourth-order valence-electron chi connectivity index (χ4n) is 4.04. The molecule has 24 heavy (non-hydrogen) atoms. The van der Waals surface area contributed by atoms with Crippen LogP contribution < -0.4 is 10.5 Å². The number of rotatable bonds is 7. The van der Waals surface area contributed by atoms with Gasteiger partial charge in [-0.2, -0.15) is 17.4 Å². The molecule has 1 amide bonds. The monoisotopic (exact) mass is 358 g/mol. The van der Waals surface area contributed by atoms with Crippen LogP contribution in [0.2, 0.25) is 0 Å². The van der Waals surface area contributed by atoms with E-state index in [-0.39, 0.29) is 11.9 Å². The zero-order chi connectivity index (χ0) is 17.2. The summed E-state index contributed by atoms with van der Waals surface area (Å²) in [7, 11) is -3.42. The Kier molecular flexibility index (Phi) is 5.79. The number of nitrogens with zero attached hydrogens (tertiary/aromatic N) is 2. The highest BCUT2D eigenvalue weighted by Crippen LogP contribution is 2.41.